The van der Waals surface area contributed by atoms with Gasteiger partial charge in [-0.15, -0.1) is 0 Å². The van der Waals surface area contributed by atoms with Gasteiger partial charge in [-0.05, 0) is 61.0 Å². The molecule has 1 aliphatic heterocycles. The third-order valence-corrected chi connectivity index (χ3v) is 5.26. The lowest BCUT2D eigenvalue weighted by atomic mass is 10.1. The van der Waals surface area contributed by atoms with Crippen LogP contribution < -0.4 is 19.1 Å². The topological polar surface area (TPSA) is 32.1 Å². The van der Waals surface area contributed by atoms with Crippen molar-refractivity contribution in [1.82, 2.24) is 0 Å². The molecule has 1 aliphatic rings. The number of benzene rings is 3. The number of nitrogens with one attached hydrogen (secondary N) is 1. The number of hydrogen-bond donors (Lipinski definition) is 1. The van der Waals surface area contributed by atoms with E-state index in [9.17, 15) is 4.39 Å². The Morgan fingerprint density at radius 2 is 1.47 bits per heavy atom. The first-order chi connectivity index (χ1) is 14.7. The van der Waals surface area contributed by atoms with Gasteiger partial charge in [-0.2, -0.15) is 0 Å². The SMILES string of the molecule is CCOc1ccc(C[NH+](CCc2ccc3c(c2)OCO3)Cc2ccc(F)cc2)cc1. The second-order valence-corrected chi connectivity index (χ2v) is 7.49. The number of quaternary nitrogens is 1. The highest BCUT2D eigenvalue weighted by atomic mass is 19.1. The molecule has 1 N–H and O–H groups in total. The third kappa shape index (κ3) is 5.30. The van der Waals surface area contributed by atoms with E-state index in [4.69, 9.17) is 14.2 Å². The Kier molecular flexibility index (Phi) is 6.50. The summed E-state index contributed by atoms with van der Waals surface area (Å²) in [5, 5.41) is 0. The standard InChI is InChI=1S/C25H26FNO3/c1-2-28-23-10-5-21(6-11-23)17-27(16-20-3-8-22(26)9-4-20)14-13-19-7-12-24-25(15-19)30-18-29-24/h3-12,15H,2,13-14,16-18H2,1H3/p+1. The summed E-state index contributed by atoms with van der Waals surface area (Å²) in [6.45, 7) is 5.60. The van der Waals surface area contributed by atoms with Gasteiger partial charge in [0.05, 0.1) is 13.2 Å². The molecule has 0 bridgehead atoms. The average Bonchev–Trinajstić information content (AvgIpc) is 3.23. The van der Waals surface area contributed by atoms with Gasteiger partial charge in [0.25, 0.3) is 0 Å². The Labute approximate surface area is 176 Å². The van der Waals surface area contributed by atoms with Crippen molar-refractivity contribution in [2.45, 2.75) is 26.4 Å². The van der Waals surface area contributed by atoms with E-state index >= 15 is 0 Å². The molecule has 0 radical (unpaired) electrons. The maximum absolute atomic E-state index is 13.3. The zero-order valence-corrected chi connectivity index (χ0v) is 17.2. The Hall–Kier alpha value is -3.05. The molecule has 0 aromatic heterocycles. The van der Waals surface area contributed by atoms with Gasteiger partial charge in [-0.1, -0.05) is 18.2 Å². The normalized spacial score (nSPS) is 13.3. The van der Waals surface area contributed by atoms with Crippen LogP contribution in [0.25, 0.3) is 0 Å². The van der Waals surface area contributed by atoms with E-state index < -0.39 is 0 Å². The number of halogens is 1. The van der Waals surface area contributed by atoms with E-state index in [0.717, 1.165) is 48.9 Å². The molecule has 0 saturated heterocycles. The summed E-state index contributed by atoms with van der Waals surface area (Å²) in [6, 6.07) is 21.2. The largest absolute Gasteiger partial charge is 0.494 e. The molecule has 0 fully saturated rings. The molecule has 156 valence electrons. The van der Waals surface area contributed by atoms with E-state index in [1.165, 1.54) is 28.2 Å². The van der Waals surface area contributed by atoms with Crippen LogP contribution >= 0.6 is 0 Å². The molecule has 1 unspecified atom stereocenters. The summed E-state index contributed by atoms with van der Waals surface area (Å²) >= 11 is 0. The van der Waals surface area contributed by atoms with E-state index in [1.54, 1.807) is 0 Å². The smallest absolute Gasteiger partial charge is 0.231 e. The number of rotatable bonds is 9. The molecule has 0 aliphatic carbocycles. The highest BCUT2D eigenvalue weighted by Gasteiger charge is 2.16. The first-order valence-electron chi connectivity index (χ1n) is 10.4. The lowest BCUT2D eigenvalue weighted by Crippen LogP contribution is -3.09. The second-order valence-electron chi connectivity index (χ2n) is 7.49. The van der Waals surface area contributed by atoms with Gasteiger partial charge in [0, 0.05) is 17.5 Å². The van der Waals surface area contributed by atoms with E-state index in [0.29, 0.717) is 13.4 Å². The lowest BCUT2D eigenvalue weighted by molar-refractivity contribution is -0.927. The van der Waals surface area contributed by atoms with Crippen LogP contribution in [0.3, 0.4) is 0 Å². The molecule has 4 rings (SSSR count). The van der Waals surface area contributed by atoms with Crippen molar-refractivity contribution in [3.05, 3.63) is 89.2 Å². The fourth-order valence-corrected chi connectivity index (χ4v) is 3.71. The van der Waals surface area contributed by atoms with Gasteiger partial charge >= 0.3 is 0 Å². The highest BCUT2D eigenvalue weighted by Crippen LogP contribution is 2.32. The van der Waals surface area contributed by atoms with Crippen LogP contribution in [0, 0.1) is 5.82 Å². The van der Waals surface area contributed by atoms with Gasteiger partial charge in [-0.25, -0.2) is 4.39 Å². The summed E-state index contributed by atoms with van der Waals surface area (Å²) in [5.41, 5.74) is 3.60. The molecular formula is C25H27FNO3+. The number of fused-ring (bicyclic) bond motifs is 1. The molecule has 4 nitrogen and oxygen atoms in total. The van der Waals surface area contributed by atoms with Gasteiger partial charge in [0.15, 0.2) is 11.5 Å². The molecule has 0 saturated carbocycles. The summed E-state index contributed by atoms with van der Waals surface area (Å²) < 4.78 is 29.8. The van der Waals surface area contributed by atoms with Crippen molar-refractivity contribution in [2.24, 2.45) is 0 Å². The third-order valence-electron chi connectivity index (χ3n) is 5.26. The molecule has 30 heavy (non-hydrogen) atoms. The summed E-state index contributed by atoms with van der Waals surface area (Å²) in [7, 11) is 0. The minimum Gasteiger partial charge on any atom is -0.494 e. The predicted octanol–water partition coefficient (Wildman–Crippen LogP) is 3.78. The molecule has 3 aromatic rings. The van der Waals surface area contributed by atoms with Crippen LogP contribution in [0.1, 0.15) is 23.6 Å². The summed E-state index contributed by atoms with van der Waals surface area (Å²) in [4.78, 5) is 1.41. The molecule has 5 heteroatoms. The van der Waals surface area contributed by atoms with Crippen LogP contribution in [0.5, 0.6) is 17.2 Å². The molecular weight excluding hydrogens is 381 g/mol. The highest BCUT2D eigenvalue weighted by molar-refractivity contribution is 5.44. The summed E-state index contributed by atoms with van der Waals surface area (Å²) in [6.07, 6.45) is 0.921. The molecule has 1 heterocycles. The van der Waals surface area contributed by atoms with Crippen molar-refractivity contribution in [3.63, 3.8) is 0 Å². The second kappa shape index (κ2) is 9.63. The first-order valence-corrected chi connectivity index (χ1v) is 10.4. The van der Waals surface area contributed by atoms with Crippen molar-refractivity contribution in [2.75, 3.05) is 19.9 Å². The van der Waals surface area contributed by atoms with E-state index in [2.05, 4.69) is 24.3 Å². The van der Waals surface area contributed by atoms with Crippen molar-refractivity contribution >= 4 is 0 Å². The molecule has 0 spiro atoms. The van der Waals surface area contributed by atoms with Crippen LogP contribution in [-0.4, -0.2) is 19.9 Å². The van der Waals surface area contributed by atoms with Crippen LogP contribution in [0.15, 0.2) is 66.7 Å². The van der Waals surface area contributed by atoms with Gasteiger partial charge < -0.3 is 19.1 Å². The Bertz CT molecular complexity index is 957. The molecule has 3 aromatic carbocycles. The van der Waals surface area contributed by atoms with Gasteiger partial charge in [0.2, 0.25) is 6.79 Å². The van der Waals surface area contributed by atoms with Crippen LogP contribution in [-0.2, 0) is 19.5 Å². The fourth-order valence-electron chi connectivity index (χ4n) is 3.71. The van der Waals surface area contributed by atoms with Crippen molar-refractivity contribution in [1.29, 1.82) is 0 Å². The minimum atomic E-state index is -0.202. The first kappa shape index (κ1) is 20.2. The fraction of sp³-hybridized carbons (Fsp3) is 0.280. The lowest BCUT2D eigenvalue weighted by Gasteiger charge is -2.20. The van der Waals surface area contributed by atoms with Crippen molar-refractivity contribution in [3.8, 4) is 17.2 Å². The van der Waals surface area contributed by atoms with Gasteiger partial charge in [0.1, 0.15) is 24.7 Å². The molecule has 0 amide bonds. The van der Waals surface area contributed by atoms with E-state index in [-0.39, 0.29) is 5.82 Å². The maximum Gasteiger partial charge on any atom is 0.231 e. The van der Waals surface area contributed by atoms with Crippen molar-refractivity contribution < 1.29 is 23.5 Å². The monoisotopic (exact) mass is 408 g/mol. The van der Waals surface area contributed by atoms with Gasteiger partial charge in [-0.3, -0.25) is 0 Å². The summed E-state index contributed by atoms with van der Waals surface area (Å²) in [5.74, 6) is 2.32. The zero-order chi connectivity index (χ0) is 20.8. The van der Waals surface area contributed by atoms with E-state index in [1.807, 2.05) is 37.3 Å². The quantitative estimate of drug-likeness (QED) is 0.585. The van der Waals surface area contributed by atoms with Crippen LogP contribution in [0.2, 0.25) is 0 Å². The average molecular weight is 408 g/mol. The zero-order valence-electron chi connectivity index (χ0n) is 17.2. The Balaban J connectivity index is 1.45. The minimum absolute atomic E-state index is 0.202. The predicted molar refractivity (Wildman–Crippen MR) is 114 cm³/mol. The Morgan fingerprint density at radius 1 is 0.833 bits per heavy atom. The maximum atomic E-state index is 13.3. The Morgan fingerprint density at radius 3 is 2.17 bits per heavy atom. The number of ether oxygens (including phenoxy) is 3. The molecule has 1 atom stereocenters. The van der Waals surface area contributed by atoms with Crippen LogP contribution in [0.4, 0.5) is 4.39 Å². The number of hydrogen-bond acceptors (Lipinski definition) is 3.